The normalized spacial score (nSPS) is 11.7. The van der Waals surface area contributed by atoms with Gasteiger partial charge in [-0.15, -0.1) is 0 Å². The van der Waals surface area contributed by atoms with Gasteiger partial charge in [0.2, 0.25) is 0 Å². The highest BCUT2D eigenvalue weighted by atomic mass is 127. The van der Waals surface area contributed by atoms with Crippen molar-refractivity contribution in [1.29, 1.82) is 5.26 Å². The minimum Gasteiger partial charge on any atom is -0.292 e. The van der Waals surface area contributed by atoms with Crippen molar-refractivity contribution in [3.8, 4) is 6.07 Å². The Morgan fingerprint density at radius 3 is 2.30 bits per heavy atom. The number of Topliss-reactive ketones (excluding diaryl/α,β-unsaturated/α-hetero) is 1. The van der Waals surface area contributed by atoms with Gasteiger partial charge in [-0.1, -0.05) is 18.2 Å². The summed E-state index contributed by atoms with van der Waals surface area (Å²) < 4.78 is 27.1. The van der Waals surface area contributed by atoms with Gasteiger partial charge < -0.3 is 0 Å². The average Bonchev–Trinajstić information content (AvgIpc) is 2.38. The van der Waals surface area contributed by atoms with Crippen molar-refractivity contribution in [2.75, 3.05) is 0 Å². The lowest BCUT2D eigenvalue weighted by Gasteiger charge is -2.10. The van der Waals surface area contributed by atoms with E-state index in [0.717, 1.165) is 12.1 Å². The van der Waals surface area contributed by atoms with Gasteiger partial charge in [0.05, 0.1) is 6.07 Å². The molecule has 0 N–H and O–H groups in total. The Balaban J connectivity index is 2.46. The van der Waals surface area contributed by atoms with Crippen molar-refractivity contribution >= 4 is 28.4 Å². The summed E-state index contributed by atoms with van der Waals surface area (Å²) in [6.07, 6.45) is 0. The van der Waals surface area contributed by atoms with Crippen LogP contribution in [0.4, 0.5) is 8.78 Å². The summed E-state index contributed by atoms with van der Waals surface area (Å²) in [5.41, 5.74) is 0.388. The van der Waals surface area contributed by atoms with Crippen molar-refractivity contribution in [3.63, 3.8) is 0 Å². The Morgan fingerprint density at radius 1 is 1.15 bits per heavy atom. The molecule has 100 valence electrons. The third kappa shape index (κ3) is 3.02. The maximum absolute atomic E-state index is 13.2. The monoisotopic (exact) mass is 383 g/mol. The number of rotatable bonds is 3. The quantitative estimate of drug-likeness (QED) is 0.593. The Labute approximate surface area is 128 Å². The number of benzene rings is 2. The van der Waals surface area contributed by atoms with Gasteiger partial charge in [0, 0.05) is 15.2 Å². The topological polar surface area (TPSA) is 40.9 Å². The molecule has 0 saturated heterocycles. The molecule has 0 spiro atoms. The molecule has 1 atom stereocenters. The molecule has 0 saturated carbocycles. The number of halogens is 3. The lowest BCUT2D eigenvalue weighted by atomic mass is 9.92. The molecule has 2 aromatic carbocycles. The minimum atomic E-state index is -1.23. The SMILES string of the molecule is N#CC(C(=O)c1ccccc1I)c1cc(F)cc(F)c1. The fourth-order valence-electron chi connectivity index (χ4n) is 1.84. The Bertz CT molecular complexity index is 689. The van der Waals surface area contributed by atoms with Crippen LogP contribution in [0.25, 0.3) is 0 Å². The van der Waals surface area contributed by atoms with E-state index in [1.54, 1.807) is 24.3 Å². The predicted octanol–water partition coefficient (Wildman–Crippen LogP) is 4.06. The molecule has 0 aromatic heterocycles. The standard InChI is InChI=1S/C15H8F2INO/c16-10-5-9(6-11(17)7-10)13(8-19)15(20)12-3-1-2-4-14(12)18/h1-7,13H. The molecule has 2 nitrogen and oxygen atoms in total. The van der Waals surface area contributed by atoms with Gasteiger partial charge in [-0.3, -0.25) is 4.79 Å². The molecule has 20 heavy (non-hydrogen) atoms. The van der Waals surface area contributed by atoms with E-state index in [1.165, 1.54) is 0 Å². The maximum atomic E-state index is 13.2. The van der Waals surface area contributed by atoms with E-state index in [-0.39, 0.29) is 5.56 Å². The molecular formula is C15H8F2INO. The van der Waals surface area contributed by atoms with Gasteiger partial charge in [0.1, 0.15) is 17.6 Å². The number of nitrogens with zero attached hydrogens (tertiary/aromatic N) is 1. The highest BCUT2D eigenvalue weighted by Gasteiger charge is 2.24. The number of carbonyl (C=O) groups is 1. The predicted molar refractivity (Wildman–Crippen MR) is 78.2 cm³/mol. The molecule has 0 fully saturated rings. The van der Waals surface area contributed by atoms with E-state index in [0.29, 0.717) is 15.2 Å². The second kappa shape index (κ2) is 6.09. The van der Waals surface area contributed by atoms with E-state index in [1.807, 2.05) is 28.7 Å². The highest BCUT2D eigenvalue weighted by Crippen LogP contribution is 2.24. The molecule has 0 amide bonds. The first-order chi connectivity index (χ1) is 9.52. The summed E-state index contributed by atoms with van der Waals surface area (Å²) in [6, 6.07) is 11.3. The number of hydrogen-bond acceptors (Lipinski definition) is 2. The average molecular weight is 383 g/mol. The lowest BCUT2D eigenvalue weighted by Crippen LogP contribution is -2.13. The lowest BCUT2D eigenvalue weighted by molar-refractivity contribution is 0.0978. The van der Waals surface area contributed by atoms with Crippen molar-refractivity contribution < 1.29 is 13.6 Å². The zero-order valence-electron chi connectivity index (χ0n) is 10.1. The van der Waals surface area contributed by atoms with Crippen molar-refractivity contribution in [2.45, 2.75) is 5.92 Å². The smallest absolute Gasteiger partial charge is 0.185 e. The van der Waals surface area contributed by atoms with Gasteiger partial charge in [-0.25, -0.2) is 8.78 Å². The molecule has 2 aromatic rings. The summed E-state index contributed by atoms with van der Waals surface area (Å²) in [7, 11) is 0. The molecule has 0 aliphatic rings. The molecule has 0 aliphatic heterocycles. The number of carbonyl (C=O) groups excluding carboxylic acids is 1. The van der Waals surface area contributed by atoms with Crippen molar-refractivity contribution in [2.24, 2.45) is 0 Å². The minimum absolute atomic E-state index is 0.0228. The molecule has 2 rings (SSSR count). The van der Waals surface area contributed by atoms with E-state index in [2.05, 4.69) is 0 Å². The van der Waals surface area contributed by atoms with Crippen LogP contribution in [0.2, 0.25) is 0 Å². The van der Waals surface area contributed by atoms with E-state index in [4.69, 9.17) is 5.26 Å². The third-order valence-corrected chi connectivity index (χ3v) is 3.69. The fourth-order valence-corrected chi connectivity index (χ4v) is 2.50. The second-order valence-electron chi connectivity index (χ2n) is 4.11. The van der Waals surface area contributed by atoms with Crippen LogP contribution in [0.5, 0.6) is 0 Å². The molecule has 0 bridgehead atoms. The van der Waals surface area contributed by atoms with Crippen LogP contribution < -0.4 is 0 Å². The molecule has 5 heteroatoms. The maximum Gasteiger partial charge on any atom is 0.185 e. The van der Waals surface area contributed by atoms with E-state index >= 15 is 0 Å². The summed E-state index contributed by atoms with van der Waals surface area (Å²) >= 11 is 1.98. The largest absolute Gasteiger partial charge is 0.292 e. The molecule has 0 heterocycles. The van der Waals surface area contributed by atoms with Crippen LogP contribution >= 0.6 is 22.6 Å². The second-order valence-corrected chi connectivity index (χ2v) is 5.27. The van der Waals surface area contributed by atoms with E-state index in [9.17, 15) is 13.6 Å². The van der Waals surface area contributed by atoms with Gasteiger partial charge in [-0.2, -0.15) is 5.26 Å². The van der Waals surface area contributed by atoms with E-state index < -0.39 is 23.3 Å². The van der Waals surface area contributed by atoms with Crippen LogP contribution in [-0.2, 0) is 0 Å². The summed E-state index contributed by atoms with van der Waals surface area (Å²) in [5, 5.41) is 9.17. The zero-order valence-corrected chi connectivity index (χ0v) is 12.3. The molecule has 0 radical (unpaired) electrons. The van der Waals surface area contributed by atoms with Crippen molar-refractivity contribution in [3.05, 3.63) is 68.8 Å². The zero-order chi connectivity index (χ0) is 14.7. The van der Waals surface area contributed by atoms with Crippen LogP contribution in [-0.4, -0.2) is 5.78 Å². The van der Waals surface area contributed by atoms with Gasteiger partial charge in [0.25, 0.3) is 0 Å². The fraction of sp³-hybridized carbons (Fsp3) is 0.0667. The first-order valence-corrected chi connectivity index (χ1v) is 6.75. The molecule has 0 aliphatic carbocycles. The molecular weight excluding hydrogens is 375 g/mol. The van der Waals surface area contributed by atoms with Crippen LogP contribution in [0.1, 0.15) is 21.8 Å². The Morgan fingerprint density at radius 2 is 1.75 bits per heavy atom. The van der Waals surface area contributed by atoms with Crippen LogP contribution in [0, 0.1) is 26.5 Å². The van der Waals surface area contributed by atoms with Crippen LogP contribution in [0.15, 0.2) is 42.5 Å². The molecule has 1 unspecified atom stereocenters. The Kier molecular flexibility index (Phi) is 4.45. The number of nitriles is 1. The number of ketones is 1. The highest BCUT2D eigenvalue weighted by molar-refractivity contribution is 14.1. The first-order valence-electron chi connectivity index (χ1n) is 5.67. The van der Waals surface area contributed by atoms with Gasteiger partial charge in [-0.05, 0) is 46.4 Å². The Hall–Kier alpha value is -1.81. The summed E-state index contributed by atoms with van der Waals surface area (Å²) in [6.45, 7) is 0. The summed E-state index contributed by atoms with van der Waals surface area (Å²) in [4.78, 5) is 12.3. The van der Waals surface area contributed by atoms with Crippen LogP contribution in [0.3, 0.4) is 0 Å². The first kappa shape index (κ1) is 14.6. The summed E-state index contributed by atoms with van der Waals surface area (Å²) in [5.74, 6) is -3.31. The number of hydrogen-bond donors (Lipinski definition) is 0. The van der Waals surface area contributed by atoms with Gasteiger partial charge in [0.15, 0.2) is 5.78 Å². The third-order valence-electron chi connectivity index (χ3n) is 2.75. The van der Waals surface area contributed by atoms with Crippen molar-refractivity contribution in [1.82, 2.24) is 0 Å². The van der Waals surface area contributed by atoms with Gasteiger partial charge >= 0.3 is 0 Å².